The molecule has 3 N–H and O–H groups in total. The van der Waals surface area contributed by atoms with Crippen molar-refractivity contribution in [2.75, 3.05) is 6.61 Å². The zero-order valence-corrected chi connectivity index (χ0v) is 4.00. The van der Waals surface area contributed by atoms with Gasteiger partial charge >= 0.3 is 0 Å². The highest BCUT2D eigenvalue weighted by Gasteiger charge is 2.23. The predicted octanol–water partition coefficient (Wildman–Crippen LogP) is -0.948. The monoisotopic (exact) mass is 103 g/mol. The second-order valence-electron chi connectivity index (χ2n) is 1.76. The van der Waals surface area contributed by atoms with E-state index in [1.807, 2.05) is 0 Å². The fourth-order valence-corrected chi connectivity index (χ4v) is 0.473. The zero-order chi connectivity index (χ0) is 5.28. The average molecular weight is 103 g/mol. The summed E-state index contributed by atoms with van der Waals surface area (Å²) >= 11 is 0. The van der Waals surface area contributed by atoms with Crippen LogP contribution in [-0.4, -0.2) is 24.0 Å². The van der Waals surface area contributed by atoms with Gasteiger partial charge in [0.05, 0.1) is 12.7 Å². The van der Waals surface area contributed by atoms with Crippen LogP contribution in [-0.2, 0) is 4.74 Å². The third-order valence-corrected chi connectivity index (χ3v) is 0.907. The minimum absolute atomic E-state index is 0.250. The molecule has 1 aliphatic rings. The summed E-state index contributed by atoms with van der Waals surface area (Å²) in [5, 5.41) is 8.46. The molecule has 0 amide bonds. The first-order valence-electron chi connectivity index (χ1n) is 2.34. The lowest BCUT2D eigenvalue weighted by molar-refractivity contribution is 0.159. The molecule has 0 radical (unpaired) electrons. The van der Waals surface area contributed by atoms with Crippen molar-refractivity contribution in [2.45, 2.75) is 18.8 Å². The van der Waals surface area contributed by atoms with Gasteiger partial charge in [-0.15, -0.1) is 0 Å². The van der Waals surface area contributed by atoms with Crippen molar-refractivity contribution in [3.63, 3.8) is 0 Å². The third-order valence-electron chi connectivity index (χ3n) is 0.907. The fraction of sp³-hybridized carbons (Fsp3) is 1.00. The topological polar surface area (TPSA) is 58.8 Å². The second kappa shape index (κ2) is 1.78. The number of hydrogen-bond acceptors (Lipinski definition) is 3. The van der Waals surface area contributed by atoms with Crippen LogP contribution < -0.4 is 5.73 Å². The third kappa shape index (κ3) is 1.87. The van der Waals surface area contributed by atoms with E-state index in [-0.39, 0.29) is 6.10 Å². The molecule has 0 aromatic rings. The second-order valence-corrected chi connectivity index (χ2v) is 1.76. The van der Waals surface area contributed by atoms with Crippen LogP contribution in [0.4, 0.5) is 0 Å². The van der Waals surface area contributed by atoms with Crippen LogP contribution in [0.3, 0.4) is 0 Å². The van der Waals surface area contributed by atoms with E-state index in [1.165, 1.54) is 0 Å². The molecule has 2 atom stereocenters. The minimum Gasteiger partial charge on any atom is -0.379 e. The highest BCUT2D eigenvalue weighted by Crippen LogP contribution is 2.13. The summed E-state index contributed by atoms with van der Waals surface area (Å²) in [6.45, 7) is 0.772. The van der Waals surface area contributed by atoms with Crippen molar-refractivity contribution < 1.29 is 9.84 Å². The van der Waals surface area contributed by atoms with Crippen LogP contribution in [0.15, 0.2) is 0 Å². The summed E-state index contributed by atoms with van der Waals surface area (Å²) in [4.78, 5) is 0. The lowest BCUT2D eigenvalue weighted by atomic mass is 10.3. The highest BCUT2D eigenvalue weighted by molar-refractivity contribution is 4.70. The van der Waals surface area contributed by atoms with Crippen molar-refractivity contribution in [1.82, 2.24) is 0 Å². The fourth-order valence-electron chi connectivity index (χ4n) is 0.473. The molecule has 0 bridgehead atoms. The van der Waals surface area contributed by atoms with Crippen molar-refractivity contribution in [1.29, 1.82) is 0 Å². The van der Waals surface area contributed by atoms with E-state index in [4.69, 9.17) is 15.6 Å². The SMILES string of the molecule is NC(O)CC1CO1. The van der Waals surface area contributed by atoms with E-state index in [0.717, 1.165) is 6.61 Å². The summed E-state index contributed by atoms with van der Waals surface area (Å²) in [5.41, 5.74) is 5.01. The molecule has 42 valence electrons. The number of nitrogens with two attached hydrogens (primary N) is 1. The summed E-state index contributed by atoms with van der Waals surface area (Å²) in [5.74, 6) is 0. The number of aliphatic hydroxyl groups is 1. The molecule has 0 aromatic carbocycles. The Hall–Kier alpha value is -0.120. The maximum Gasteiger partial charge on any atom is 0.105 e. The Kier molecular flexibility index (Phi) is 1.27. The van der Waals surface area contributed by atoms with Gasteiger partial charge in [0.1, 0.15) is 6.23 Å². The number of rotatable bonds is 2. The lowest BCUT2D eigenvalue weighted by Gasteiger charge is -1.96. The molecule has 1 rings (SSSR count). The molecule has 0 aliphatic carbocycles. The Balaban J connectivity index is 1.97. The van der Waals surface area contributed by atoms with Gasteiger partial charge in [-0.25, -0.2) is 0 Å². The average Bonchev–Trinajstić information content (AvgIpc) is 2.17. The number of aliphatic hydroxyl groups excluding tert-OH is 1. The van der Waals surface area contributed by atoms with Crippen LogP contribution in [0.2, 0.25) is 0 Å². The Morgan fingerprint density at radius 1 is 2.00 bits per heavy atom. The summed E-state index contributed by atoms with van der Waals surface area (Å²) in [6.07, 6.45) is 0.146. The van der Waals surface area contributed by atoms with Gasteiger partial charge in [-0.1, -0.05) is 0 Å². The first-order chi connectivity index (χ1) is 3.29. The molecule has 3 heteroatoms. The summed E-state index contributed by atoms with van der Waals surface area (Å²) < 4.78 is 4.78. The first-order valence-corrected chi connectivity index (χ1v) is 2.34. The summed E-state index contributed by atoms with van der Waals surface area (Å²) in [6, 6.07) is 0. The van der Waals surface area contributed by atoms with E-state index in [9.17, 15) is 0 Å². The molecule has 3 nitrogen and oxygen atoms in total. The van der Waals surface area contributed by atoms with Crippen LogP contribution in [0.25, 0.3) is 0 Å². The molecule has 1 heterocycles. The Labute approximate surface area is 42.1 Å². The van der Waals surface area contributed by atoms with Gasteiger partial charge in [-0.2, -0.15) is 0 Å². The van der Waals surface area contributed by atoms with E-state index in [2.05, 4.69) is 0 Å². The van der Waals surface area contributed by atoms with Crippen LogP contribution in [0.5, 0.6) is 0 Å². The van der Waals surface area contributed by atoms with E-state index in [1.54, 1.807) is 0 Å². The highest BCUT2D eigenvalue weighted by atomic mass is 16.6. The molecule has 0 spiro atoms. The quantitative estimate of drug-likeness (QED) is 0.350. The number of hydrogen-bond donors (Lipinski definition) is 2. The molecule has 1 saturated heterocycles. The molecule has 0 saturated carbocycles. The zero-order valence-electron chi connectivity index (χ0n) is 4.00. The van der Waals surface area contributed by atoms with Gasteiger partial charge in [-0.05, 0) is 0 Å². The lowest BCUT2D eigenvalue weighted by Crippen LogP contribution is -2.20. The van der Waals surface area contributed by atoms with E-state index >= 15 is 0 Å². The van der Waals surface area contributed by atoms with Gasteiger partial charge in [0.2, 0.25) is 0 Å². The number of ether oxygens (including phenoxy) is 1. The van der Waals surface area contributed by atoms with Gasteiger partial charge in [-0.3, -0.25) is 0 Å². The summed E-state index contributed by atoms with van der Waals surface area (Å²) in [7, 11) is 0. The van der Waals surface area contributed by atoms with Crippen molar-refractivity contribution in [3.8, 4) is 0 Å². The van der Waals surface area contributed by atoms with Crippen LogP contribution >= 0.6 is 0 Å². The Morgan fingerprint density at radius 2 is 2.57 bits per heavy atom. The van der Waals surface area contributed by atoms with Gasteiger partial charge in [0, 0.05) is 6.42 Å². The van der Waals surface area contributed by atoms with E-state index < -0.39 is 6.23 Å². The van der Waals surface area contributed by atoms with E-state index in [0.29, 0.717) is 6.42 Å². The van der Waals surface area contributed by atoms with Gasteiger partial charge < -0.3 is 15.6 Å². The molecule has 2 unspecified atom stereocenters. The minimum atomic E-state index is -0.688. The van der Waals surface area contributed by atoms with Gasteiger partial charge in [0.15, 0.2) is 0 Å². The predicted molar refractivity (Wildman–Crippen MR) is 24.6 cm³/mol. The van der Waals surface area contributed by atoms with Crippen molar-refractivity contribution >= 4 is 0 Å². The van der Waals surface area contributed by atoms with Crippen LogP contribution in [0, 0.1) is 0 Å². The van der Waals surface area contributed by atoms with Crippen molar-refractivity contribution in [3.05, 3.63) is 0 Å². The maximum absolute atomic E-state index is 8.46. The molecular weight excluding hydrogens is 94.0 g/mol. The Bertz CT molecular complexity index is 60.7. The molecule has 1 aliphatic heterocycles. The molecule has 1 fully saturated rings. The van der Waals surface area contributed by atoms with Gasteiger partial charge in [0.25, 0.3) is 0 Å². The normalized spacial score (nSPS) is 32.6. The number of epoxide rings is 1. The first kappa shape index (κ1) is 5.03. The maximum atomic E-state index is 8.46. The van der Waals surface area contributed by atoms with Crippen LogP contribution in [0.1, 0.15) is 6.42 Å². The van der Waals surface area contributed by atoms with Crippen molar-refractivity contribution in [2.24, 2.45) is 5.73 Å². The molecule has 7 heavy (non-hydrogen) atoms. The smallest absolute Gasteiger partial charge is 0.105 e. The molecular formula is C4H9NO2. The Morgan fingerprint density at radius 3 is 2.71 bits per heavy atom. The largest absolute Gasteiger partial charge is 0.379 e. The standard InChI is InChI=1S/C4H9NO2/c5-4(6)1-3-2-7-3/h3-4,6H,1-2,5H2. The molecule has 0 aromatic heterocycles.